The van der Waals surface area contributed by atoms with Crippen LogP contribution in [-0.4, -0.2) is 13.0 Å². The topological polar surface area (TPSA) is 68.2 Å². The van der Waals surface area contributed by atoms with Gasteiger partial charge in [0.2, 0.25) is 10.0 Å². The van der Waals surface area contributed by atoms with Crippen molar-refractivity contribution in [2.24, 2.45) is 0 Å². The molecule has 0 saturated carbocycles. The molecule has 0 unspecified atom stereocenters. The summed E-state index contributed by atoms with van der Waals surface area (Å²) in [5.74, 6) is -2.90. The smallest absolute Gasteiger partial charge is 0.251 e. The third-order valence-corrected chi connectivity index (χ3v) is 5.65. The Balaban J connectivity index is 1.90. The number of anilines is 1. The van der Waals surface area contributed by atoms with Crippen LogP contribution in [0.3, 0.4) is 0 Å². The minimum absolute atomic E-state index is 0.110. The molecule has 0 spiro atoms. The minimum atomic E-state index is -3.96. The van der Waals surface area contributed by atoms with Crippen LogP contribution in [0.2, 0.25) is 0 Å². The van der Waals surface area contributed by atoms with Crippen molar-refractivity contribution in [1.82, 2.24) is 4.57 Å². The second-order valence-electron chi connectivity index (χ2n) is 6.63. The molecule has 0 aliphatic heterocycles. The van der Waals surface area contributed by atoms with Crippen LogP contribution in [0.25, 0.3) is 10.9 Å². The monoisotopic (exact) mass is 406 g/mol. The van der Waals surface area contributed by atoms with Gasteiger partial charge in [-0.2, -0.15) is 0 Å². The summed E-state index contributed by atoms with van der Waals surface area (Å²) in [6, 6.07) is 10.5. The summed E-state index contributed by atoms with van der Waals surface area (Å²) in [6.07, 6.45) is 0.784. The lowest BCUT2D eigenvalue weighted by Gasteiger charge is -2.12. The Kier molecular flexibility index (Phi) is 5.51. The molecule has 1 N–H and O–H groups in total. The van der Waals surface area contributed by atoms with Gasteiger partial charge in [-0.05, 0) is 43.2 Å². The Hall–Kier alpha value is -2.74. The van der Waals surface area contributed by atoms with Gasteiger partial charge in [0, 0.05) is 29.2 Å². The molecule has 1 aromatic heterocycles. The van der Waals surface area contributed by atoms with Crippen molar-refractivity contribution in [2.75, 3.05) is 4.72 Å². The highest BCUT2D eigenvalue weighted by Crippen LogP contribution is 2.22. The molecule has 0 bridgehead atoms. The van der Waals surface area contributed by atoms with Gasteiger partial charge in [-0.1, -0.05) is 19.1 Å². The van der Waals surface area contributed by atoms with E-state index in [-0.39, 0.29) is 22.4 Å². The summed E-state index contributed by atoms with van der Waals surface area (Å²) < 4.78 is 56.5. The average molecular weight is 406 g/mol. The molecule has 0 aliphatic rings. The van der Waals surface area contributed by atoms with Crippen LogP contribution in [0.4, 0.5) is 14.5 Å². The highest BCUT2D eigenvalue weighted by molar-refractivity contribution is 7.91. The molecule has 2 aromatic carbocycles. The van der Waals surface area contributed by atoms with Gasteiger partial charge < -0.3 is 4.57 Å². The van der Waals surface area contributed by atoms with Crippen LogP contribution >= 0.6 is 0 Å². The molecule has 0 aliphatic carbocycles. The molecule has 28 heavy (non-hydrogen) atoms. The van der Waals surface area contributed by atoms with Crippen LogP contribution in [0.15, 0.2) is 47.3 Å². The predicted molar refractivity (Wildman–Crippen MR) is 106 cm³/mol. The Bertz CT molecular complexity index is 1200. The molecule has 3 rings (SSSR count). The Labute approximate surface area is 161 Å². The van der Waals surface area contributed by atoms with Gasteiger partial charge in [0.15, 0.2) is 11.6 Å². The van der Waals surface area contributed by atoms with E-state index >= 15 is 0 Å². The number of hydrogen-bond donors (Lipinski definition) is 1. The van der Waals surface area contributed by atoms with E-state index in [4.69, 9.17) is 0 Å². The summed E-state index contributed by atoms with van der Waals surface area (Å²) in [7, 11) is -3.96. The quantitative estimate of drug-likeness (QED) is 0.674. The number of rotatable bonds is 6. The number of fused-ring (bicyclic) bond motifs is 1. The van der Waals surface area contributed by atoms with E-state index in [2.05, 4.69) is 4.72 Å². The first-order valence-electron chi connectivity index (χ1n) is 8.79. The lowest BCUT2D eigenvalue weighted by Crippen LogP contribution is -2.19. The van der Waals surface area contributed by atoms with Gasteiger partial charge in [0.05, 0.1) is 11.3 Å². The molecule has 5 nitrogen and oxygen atoms in total. The van der Waals surface area contributed by atoms with Gasteiger partial charge >= 0.3 is 0 Å². The van der Waals surface area contributed by atoms with Gasteiger partial charge in [0.1, 0.15) is 0 Å². The summed E-state index contributed by atoms with van der Waals surface area (Å²) in [4.78, 5) is 12.0. The third-order valence-electron chi connectivity index (χ3n) is 4.41. The van der Waals surface area contributed by atoms with E-state index < -0.39 is 27.4 Å². The van der Waals surface area contributed by atoms with Crippen molar-refractivity contribution < 1.29 is 17.2 Å². The zero-order chi connectivity index (χ0) is 20.5. The van der Waals surface area contributed by atoms with Crippen LogP contribution in [0.1, 0.15) is 24.5 Å². The minimum Gasteiger partial charge on any atom is -0.308 e. The van der Waals surface area contributed by atoms with Crippen LogP contribution in [0.5, 0.6) is 0 Å². The second kappa shape index (κ2) is 7.71. The number of nitrogens with zero attached hydrogens (tertiary/aromatic N) is 1. The normalized spacial score (nSPS) is 11.7. The fourth-order valence-electron chi connectivity index (χ4n) is 3.04. The summed E-state index contributed by atoms with van der Waals surface area (Å²) in [5.41, 5.74) is 0.720. The maximum absolute atomic E-state index is 14.0. The van der Waals surface area contributed by atoms with E-state index in [0.717, 1.165) is 6.42 Å². The fraction of sp³-hybridized carbons (Fsp3) is 0.250. The van der Waals surface area contributed by atoms with Crippen molar-refractivity contribution in [2.45, 2.75) is 32.6 Å². The molecule has 148 valence electrons. The molecule has 0 fully saturated rings. The van der Waals surface area contributed by atoms with E-state index in [9.17, 15) is 22.0 Å². The van der Waals surface area contributed by atoms with Crippen molar-refractivity contribution in [3.63, 3.8) is 0 Å². The van der Waals surface area contributed by atoms with Gasteiger partial charge in [-0.3, -0.25) is 9.52 Å². The van der Waals surface area contributed by atoms with Crippen molar-refractivity contribution in [3.8, 4) is 0 Å². The molecule has 0 saturated heterocycles. The third kappa shape index (κ3) is 4.06. The molecule has 8 heteroatoms. The Morgan fingerprint density at radius 1 is 1.04 bits per heavy atom. The average Bonchev–Trinajstić information content (AvgIpc) is 2.64. The maximum Gasteiger partial charge on any atom is 0.251 e. The Morgan fingerprint density at radius 3 is 2.50 bits per heavy atom. The van der Waals surface area contributed by atoms with E-state index in [1.165, 1.54) is 31.2 Å². The standard InChI is InChI=1S/C20H20F2N2O3S/c1-3-10-24-17-8-7-16(11-14(17)6-9-18(24)25)23-28(26,27)12-15-5-4-13(2)19(21)20(15)22/h4-9,11,23H,3,10,12H2,1-2H3. The summed E-state index contributed by atoms with van der Waals surface area (Å²) >= 11 is 0. The lowest BCUT2D eigenvalue weighted by molar-refractivity contribution is 0.496. The zero-order valence-corrected chi connectivity index (χ0v) is 16.3. The second-order valence-corrected chi connectivity index (χ2v) is 8.35. The van der Waals surface area contributed by atoms with Crippen molar-refractivity contribution >= 4 is 26.6 Å². The van der Waals surface area contributed by atoms with E-state index in [1.54, 1.807) is 22.8 Å². The van der Waals surface area contributed by atoms with Gasteiger partial charge in [-0.15, -0.1) is 0 Å². The number of aryl methyl sites for hydroxylation is 2. The number of halogens is 2. The fourth-order valence-corrected chi connectivity index (χ4v) is 4.23. The predicted octanol–water partition coefficient (Wildman–Crippen LogP) is 3.94. The summed E-state index contributed by atoms with van der Waals surface area (Å²) in [5, 5.41) is 0.695. The molecular weight excluding hydrogens is 386 g/mol. The number of benzene rings is 2. The number of aromatic nitrogens is 1. The van der Waals surface area contributed by atoms with Crippen molar-refractivity contribution in [1.29, 1.82) is 0 Å². The first-order chi connectivity index (χ1) is 13.2. The Morgan fingerprint density at radius 2 is 1.79 bits per heavy atom. The summed E-state index contributed by atoms with van der Waals surface area (Å²) in [6.45, 7) is 3.92. The molecular formula is C20H20F2N2O3S. The highest BCUT2D eigenvalue weighted by atomic mass is 32.2. The molecule has 0 atom stereocenters. The zero-order valence-electron chi connectivity index (χ0n) is 15.5. The maximum atomic E-state index is 14.0. The van der Waals surface area contributed by atoms with Crippen LogP contribution in [0, 0.1) is 18.6 Å². The van der Waals surface area contributed by atoms with Gasteiger partial charge in [-0.25, -0.2) is 17.2 Å². The van der Waals surface area contributed by atoms with Crippen molar-refractivity contribution in [3.05, 3.63) is 75.6 Å². The highest BCUT2D eigenvalue weighted by Gasteiger charge is 2.18. The molecule has 1 heterocycles. The van der Waals surface area contributed by atoms with Gasteiger partial charge in [0.25, 0.3) is 5.56 Å². The largest absolute Gasteiger partial charge is 0.308 e. The number of hydrogen-bond acceptors (Lipinski definition) is 3. The molecule has 0 radical (unpaired) electrons. The molecule has 3 aromatic rings. The SMILES string of the molecule is CCCn1c(=O)ccc2cc(NS(=O)(=O)Cc3ccc(C)c(F)c3F)ccc21. The molecule has 0 amide bonds. The van der Waals surface area contributed by atoms with Crippen LogP contribution in [-0.2, 0) is 22.3 Å². The number of sulfonamides is 1. The number of pyridine rings is 1. The van der Waals surface area contributed by atoms with E-state index in [1.807, 2.05) is 6.92 Å². The first kappa shape index (κ1) is 20.0. The number of nitrogens with one attached hydrogen (secondary N) is 1. The first-order valence-corrected chi connectivity index (χ1v) is 10.4. The van der Waals surface area contributed by atoms with Crippen LogP contribution < -0.4 is 10.3 Å². The van der Waals surface area contributed by atoms with E-state index in [0.29, 0.717) is 17.4 Å². The lowest BCUT2D eigenvalue weighted by atomic mass is 10.1.